The van der Waals surface area contributed by atoms with E-state index >= 15 is 0 Å². The van der Waals surface area contributed by atoms with E-state index in [1.165, 1.54) is 6.07 Å². The van der Waals surface area contributed by atoms with Crippen molar-refractivity contribution in [1.29, 1.82) is 0 Å². The lowest BCUT2D eigenvalue weighted by Crippen LogP contribution is -2.48. The summed E-state index contributed by atoms with van der Waals surface area (Å²) in [5.41, 5.74) is -0.0901. The Kier molecular flexibility index (Phi) is 4.84. The van der Waals surface area contributed by atoms with Gasteiger partial charge in [-0.2, -0.15) is 5.10 Å². The van der Waals surface area contributed by atoms with Gasteiger partial charge in [-0.05, 0) is 12.1 Å². The van der Waals surface area contributed by atoms with Crippen LogP contribution in [0.15, 0.2) is 18.2 Å². The molecule has 2 heterocycles. The van der Waals surface area contributed by atoms with E-state index in [4.69, 9.17) is 0 Å². The fraction of sp³-hybridized carbons (Fsp3) is 0.438. The van der Waals surface area contributed by atoms with E-state index in [0.29, 0.717) is 32.7 Å². The number of hydrogen-bond donors (Lipinski definition) is 1. The molecule has 8 heteroatoms. The minimum Gasteiger partial charge on any atom is -0.336 e. The third-order valence-corrected chi connectivity index (χ3v) is 4.09. The van der Waals surface area contributed by atoms with Crippen LogP contribution in [0.2, 0.25) is 0 Å². The predicted molar refractivity (Wildman–Crippen MR) is 83.3 cm³/mol. The Morgan fingerprint density at radius 3 is 2.62 bits per heavy atom. The minimum absolute atomic E-state index is 0.0901. The van der Waals surface area contributed by atoms with Crippen molar-refractivity contribution < 1.29 is 13.6 Å². The lowest BCUT2D eigenvalue weighted by molar-refractivity contribution is 0.0621. The van der Waals surface area contributed by atoms with Crippen LogP contribution in [0.25, 0.3) is 0 Å². The lowest BCUT2D eigenvalue weighted by Gasteiger charge is -2.34. The number of aromatic amines is 1. The molecule has 1 N–H and O–H groups in total. The SMILES string of the molecule is CCc1n[nH]c(CN2CCN(C(=O)c3ccc(F)cc3F)CC2)n1. The molecule has 0 atom stereocenters. The predicted octanol–water partition coefficient (Wildman–Crippen LogP) is 1.60. The number of piperazine rings is 1. The molecule has 0 radical (unpaired) electrons. The van der Waals surface area contributed by atoms with Crippen molar-refractivity contribution >= 4 is 5.91 Å². The zero-order valence-corrected chi connectivity index (χ0v) is 13.4. The quantitative estimate of drug-likeness (QED) is 0.922. The Hall–Kier alpha value is -2.35. The monoisotopic (exact) mass is 335 g/mol. The molecule has 0 bridgehead atoms. The highest BCUT2D eigenvalue weighted by atomic mass is 19.1. The van der Waals surface area contributed by atoms with Gasteiger partial charge >= 0.3 is 0 Å². The topological polar surface area (TPSA) is 65.1 Å². The molecule has 128 valence electrons. The molecule has 1 fully saturated rings. The van der Waals surface area contributed by atoms with Gasteiger partial charge in [0.05, 0.1) is 12.1 Å². The second-order valence-electron chi connectivity index (χ2n) is 5.74. The Bertz CT molecular complexity index is 725. The molecule has 3 rings (SSSR count). The van der Waals surface area contributed by atoms with Crippen LogP contribution in [0, 0.1) is 11.6 Å². The summed E-state index contributed by atoms with van der Waals surface area (Å²) in [4.78, 5) is 20.5. The second-order valence-corrected chi connectivity index (χ2v) is 5.74. The van der Waals surface area contributed by atoms with Gasteiger partial charge in [0, 0.05) is 38.7 Å². The second kappa shape index (κ2) is 7.04. The number of carbonyl (C=O) groups is 1. The lowest BCUT2D eigenvalue weighted by atomic mass is 10.1. The third kappa shape index (κ3) is 3.59. The van der Waals surface area contributed by atoms with Gasteiger partial charge in [0.2, 0.25) is 0 Å². The maximum Gasteiger partial charge on any atom is 0.256 e. The van der Waals surface area contributed by atoms with Gasteiger partial charge in [0.15, 0.2) is 0 Å². The van der Waals surface area contributed by atoms with Crippen molar-refractivity contribution in [3.05, 3.63) is 47.0 Å². The van der Waals surface area contributed by atoms with Gasteiger partial charge in [0.1, 0.15) is 23.3 Å². The number of nitrogens with one attached hydrogen (secondary N) is 1. The number of amides is 1. The Morgan fingerprint density at radius 1 is 1.25 bits per heavy atom. The number of benzene rings is 1. The average molecular weight is 335 g/mol. The number of H-pyrrole nitrogens is 1. The van der Waals surface area contributed by atoms with Gasteiger partial charge in [0.25, 0.3) is 5.91 Å². The molecule has 1 aromatic heterocycles. The first-order chi connectivity index (χ1) is 11.6. The normalized spacial score (nSPS) is 15.7. The molecule has 24 heavy (non-hydrogen) atoms. The summed E-state index contributed by atoms with van der Waals surface area (Å²) in [6.45, 7) is 4.94. The van der Waals surface area contributed by atoms with E-state index in [9.17, 15) is 13.6 Å². The van der Waals surface area contributed by atoms with Crippen molar-refractivity contribution in [3.63, 3.8) is 0 Å². The molecule has 6 nitrogen and oxygen atoms in total. The molecule has 1 saturated heterocycles. The van der Waals surface area contributed by atoms with Crippen LogP contribution < -0.4 is 0 Å². The van der Waals surface area contributed by atoms with E-state index in [1.807, 2.05) is 6.92 Å². The van der Waals surface area contributed by atoms with Crippen molar-refractivity contribution in [2.75, 3.05) is 26.2 Å². The summed E-state index contributed by atoms with van der Waals surface area (Å²) in [6.07, 6.45) is 0.780. The van der Waals surface area contributed by atoms with Crippen LogP contribution in [0.5, 0.6) is 0 Å². The fourth-order valence-electron chi connectivity index (χ4n) is 2.72. The first-order valence-corrected chi connectivity index (χ1v) is 7.93. The van der Waals surface area contributed by atoms with Crippen LogP contribution >= 0.6 is 0 Å². The van der Waals surface area contributed by atoms with Gasteiger partial charge in [-0.3, -0.25) is 14.8 Å². The van der Waals surface area contributed by atoms with Crippen molar-refractivity contribution in [2.24, 2.45) is 0 Å². The van der Waals surface area contributed by atoms with Crippen molar-refractivity contribution in [1.82, 2.24) is 25.0 Å². The van der Waals surface area contributed by atoms with E-state index in [2.05, 4.69) is 20.1 Å². The number of carbonyl (C=O) groups excluding carboxylic acids is 1. The standard InChI is InChI=1S/C16H19F2N5O/c1-2-14-19-15(21-20-14)10-22-5-7-23(8-6-22)16(24)12-4-3-11(17)9-13(12)18/h3-4,9H,2,5-8,10H2,1H3,(H,19,20,21). The average Bonchev–Trinajstić information content (AvgIpc) is 3.03. The Labute approximate surface area is 138 Å². The van der Waals surface area contributed by atoms with Crippen LogP contribution in [0.4, 0.5) is 8.78 Å². The molecule has 1 aliphatic rings. The van der Waals surface area contributed by atoms with Crippen molar-refractivity contribution in [2.45, 2.75) is 19.9 Å². The number of nitrogens with zero attached hydrogens (tertiary/aromatic N) is 4. The fourth-order valence-corrected chi connectivity index (χ4v) is 2.72. The van der Waals surface area contributed by atoms with Crippen LogP contribution in [0.1, 0.15) is 28.9 Å². The molecule has 0 saturated carbocycles. The Morgan fingerprint density at radius 2 is 2.00 bits per heavy atom. The van der Waals surface area contributed by atoms with E-state index < -0.39 is 17.5 Å². The zero-order valence-electron chi connectivity index (χ0n) is 13.4. The molecule has 0 unspecified atom stereocenters. The highest BCUT2D eigenvalue weighted by molar-refractivity contribution is 5.94. The van der Waals surface area contributed by atoms with Gasteiger partial charge < -0.3 is 4.90 Å². The maximum atomic E-state index is 13.7. The Balaban J connectivity index is 1.57. The molecule has 0 spiro atoms. The largest absolute Gasteiger partial charge is 0.336 e. The smallest absolute Gasteiger partial charge is 0.256 e. The molecular weight excluding hydrogens is 316 g/mol. The first-order valence-electron chi connectivity index (χ1n) is 7.93. The first kappa shape index (κ1) is 16.5. The highest BCUT2D eigenvalue weighted by Gasteiger charge is 2.24. The minimum atomic E-state index is -0.823. The summed E-state index contributed by atoms with van der Waals surface area (Å²) in [5, 5.41) is 7.01. The van der Waals surface area contributed by atoms with Crippen molar-refractivity contribution in [3.8, 4) is 0 Å². The maximum absolute atomic E-state index is 13.7. The summed E-state index contributed by atoms with van der Waals surface area (Å²) in [6, 6.07) is 3.03. The summed E-state index contributed by atoms with van der Waals surface area (Å²) in [5.74, 6) is -0.328. The molecule has 0 aliphatic carbocycles. The number of aryl methyl sites for hydroxylation is 1. The molecular formula is C16H19F2N5O. The van der Waals surface area contributed by atoms with Crippen LogP contribution in [-0.2, 0) is 13.0 Å². The van der Waals surface area contributed by atoms with E-state index in [0.717, 1.165) is 30.2 Å². The number of aromatic nitrogens is 3. The number of hydrogen-bond acceptors (Lipinski definition) is 4. The van der Waals surface area contributed by atoms with Gasteiger partial charge in [-0.25, -0.2) is 13.8 Å². The summed E-state index contributed by atoms with van der Waals surface area (Å²) >= 11 is 0. The van der Waals surface area contributed by atoms with Gasteiger partial charge in [-0.15, -0.1) is 0 Å². The zero-order chi connectivity index (χ0) is 17.1. The molecule has 1 aliphatic heterocycles. The number of halogens is 2. The number of rotatable bonds is 4. The molecule has 1 aromatic carbocycles. The molecule has 1 amide bonds. The van der Waals surface area contributed by atoms with Crippen LogP contribution in [-0.4, -0.2) is 57.1 Å². The highest BCUT2D eigenvalue weighted by Crippen LogP contribution is 2.14. The van der Waals surface area contributed by atoms with E-state index in [1.54, 1.807) is 4.90 Å². The third-order valence-electron chi connectivity index (χ3n) is 4.09. The van der Waals surface area contributed by atoms with Gasteiger partial charge in [-0.1, -0.05) is 6.92 Å². The van der Waals surface area contributed by atoms with Crippen LogP contribution in [0.3, 0.4) is 0 Å². The summed E-state index contributed by atoms with van der Waals surface area (Å²) < 4.78 is 26.7. The summed E-state index contributed by atoms with van der Waals surface area (Å²) in [7, 11) is 0. The molecule has 2 aromatic rings. The van der Waals surface area contributed by atoms with E-state index in [-0.39, 0.29) is 5.56 Å².